The van der Waals surface area contributed by atoms with Crippen molar-refractivity contribution in [3.63, 3.8) is 0 Å². The van der Waals surface area contributed by atoms with Crippen LogP contribution in [0.4, 0.5) is 0 Å². The molecule has 3 heteroatoms. The van der Waals surface area contributed by atoms with E-state index in [9.17, 15) is 0 Å². The molecule has 2 rings (SSSR count). The SMILES string of the molecule is CCOCl.[C-]1=CC=CC1.[C-]1=CC=CC1.[Ti+2]. The fraction of sp³-hybridized carbons (Fsp3) is 0.333. The normalized spacial score (nSPS) is 13.7. The topological polar surface area (TPSA) is 9.23 Å². The van der Waals surface area contributed by atoms with Crippen LogP contribution in [-0.4, -0.2) is 6.61 Å². The first-order valence-corrected chi connectivity index (χ1v) is 4.89. The van der Waals surface area contributed by atoms with Crippen molar-refractivity contribution >= 4 is 11.9 Å². The van der Waals surface area contributed by atoms with Crippen LogP contribution in [0.5, 0.6) is 0 Å². The summed E-state index contributed by atoms with van der Waals surface area (Å²) >= 11 is 4.69. The number of allylic oxidation sites excluding steroid dienone is 8. The van der Waals surface area contributed by atoms with Crippen LogP contribution in [0, 0.1) is 12.2 Å². The maximum Gasteiger partial charge on any atom is 2.00 e. The molecule has 0 bridgehead atoms. The van der Waals surface area contributed by atoms with Gasteiger partial charge in [0.1, 0.15) is 0 Å². The molecule has 0 N–H and O–H groups in total. The molecule has 0 saturated heterocycles. The van der Waals surface area contributed by atoms with Crippen LogP contribution in [0.2, 0.25) is 0 Å². The molecule has 0 heterocycles. The maximum atomic E-state index is 4.69. The predicted molar refractivity (Wildman–Crippen MR) is 60.6 cm³/mol. The predicted octanol–water partition coefficient (Wildman–Crippen LogP) is 3.79. The zero-order valence-corrected chi connectivity index (χ0v) is 11.2. The van der Waals surface area contributed by atoms with Crippen molar-refractivity contribution in [1.29, 1.82) is 0 Å². The summed E-state index contributed by atoms with van der Waals surface area (Å²) in [5, 5.41) is 0. The molecule has 0 aromatic heterocycles. The van der Waals surface area contributed by atoms with Crippen molar-refractivity contribution in [3.05, 3.63) is 48.6 Å². The maximum absolute atomic E-state index is 4.69. The summed E-state index contributed by atoms with van der Waals surface area (Å²) in [5.74, 6) is 0. The molecule has 0 saturated carbocycles. The molecular formula is C12H15ClOTi. The van der Waals surface area contributed by atoms with Crippen LogP contribution in [0.1, 0.15) is 19.8 Å². The Hall–Kier alpha value is -0.0757. The molecule has 2 aliphatic rings. The fourth-order valence-corrected chi connectivity index (χ4v) is 0.680. The Bertz CT molecular complexity index is 176. The van der Waals surface area contributed by atoms with Gasteiger partial charge < -0.3 is 0 Å². The third kappa shape index (κ3) is 16.6. The van der Waals surface area contributed by atoms with Gasteiger partial charge in [-0.1, -0.05) is 0 Å². The molecule has 0 unspecified atom stereocenters. The summed E-state index contributed by atoms with van der Waals surface area (Å²) in [5.41, 5.74) is 0. The smallest absolute Gasteiger partial charge is 0.280 e. The second-order valence-corrected chi connectivity index (χ2v) is 2.62. The Morgan fingerprint density at radius 3 is 1.60 bits per heavy atom. The van der Waals surface area contributed by atoms with Gasteiger partial charge >= 0.3 is 21.7 Å². The van der Waals surface area contributed by atoms with E-state index in [0.29, 0.717) is 6.61 Å². The summed E-state index contributed by atoms with van der Waals surface area (Å²) < 4.78 is 4.01. The van der Waals surface area contributed by atoms with Gasteiger partial charge in [0.25, 0.3) is 0 Å². The summed E-state index contributed by atoms with van der Waals surface area (Å²) in [6.07, 6.45) is 20.0. The van der Waals surface area contributed by atoms with Gasteiger partial charge in [-0.15, -0.1) is 12.8 Å². The Morgan fingerprint density at radius 2 is 1.53 bits per heavy atom. The van der Waals surface area contributed by atoms with Crippen LogP contribution >= 0.6 is 11.9 Å². The average Bonchev–Trinajstić information content (AvgIpc) is 2.94. The van der Waals surface area contributed by atoms with Crippen molar-refractivity contribution in [2.45, 2.75) is 19.8 Å². The monoisotopic (exact) mass is 258 g/mol. The zero-order chi connectivity index (χ0) is 10.5. The number of hydrogen-bond donors (Lipinski definition) is 0. The number of halogens is 1. The summed E-state index contributed by atoms with van der Waals surface area (Å²) in [7, 11) is 0. The van der Waals surface area contributed by atoms with E-state index < -0.39 is 0 Å². The molecule has 0 amide bonds. The van der Waals surface area contributed by atoms with E-state index in [1.165, 1.54) is 0 Å². The average molecular weight is 259 g/mol. The van der Waals surface area contributed by atoms with Crippen LogP contribution in [-0.2, 0) is 26.0 Å². The first kappa shape index (κ1) is 17.3. The molecule has 1 nitrogen and oxygen atoms in total. The van der Waals surface area contributed by atoms with Gasteiger partial charge in [-0.05, 0) is 6.92 Å². The van der Waals surface area contributed by atoms with E-state index >= 15 is 0 Å². The minimum Gasteiger partial charge on any atom is -0.280 e. The first-order chi connectivity index (χ1) is 6.91. The first-order valence-electron chi connectivity index (χ1n) is 4.58. The molecule has 0 aromatic rings. The molecule has 0 radical (unpaired) electrons. The van der Waals surface area contributed by atoms with Crippen LogP contribution in [0.25, 0.3) is 0 Å². The Morgan fingerprint density at radius 1 is 1.13 bits per heavy atom. The third-order valence-corrected chi connectivity index (χ3v) is 1.50. The van der Waals surface area contributed by atoms with Gasteiger partial charge in [-0.2, -0.15) is 12.2 Å². The summed E-state index contributed by atoms with van der Waals surface area (Å²) in [6, 6.07) is 0. The van der Waals surface area contributed by atoms with E-state index in [0.717, 1.165) is 12.8 Å². The van der Waals surface area contributed by atoms with E-state index in [4.69, 9.17) is 0 Å². The van der Waals surface area contributed by atoms with Gasteiger partial charge in [0.05, 0.1) is 18.5 Å². The van der Waals surface area contributed by atoms with Crippen LogP contribution < -0.4 is 0 Å². The minimum absolute atomic E-state index is 0. The quantitative estimate of drug-likeness (QED) is 0.514. The van der Waals surface area contributed by atoms with Gasteiger partial charge in [-0.3, -0.25) is 16.4 Å². The van der Waals surface area contributed by atoms with E-state index in [2.05, 4.69) is 40.5 Å². The second kappa shape index (κ2) is 16.4. The molecule has 0 aromatic carbocycles. The van der Waals surface area contributed by atoms with Crippen molar-refractivity contribution in [2.75, 3.05) is 6.61 Å². The molecule has 0 spiro atoms. The summed E-state index contributed by atoms with van der Waals surface area (Å²) in [4.78, 5) is 0. The Kier molecular flexibility index (Phi) is 18.9. The van der Waals surface area contributed by atoms with E-state index in [1.807, 2.05) is 31.2 Å². The molecule has 2 aliphatic carbocycles. The molecule has 0 aliphatic heterocycles. The third-order valence-electron chi connectivity index (χ3n) is 1.28. The zero-order valence-electron chi connectivity index (χ0n) is 8.87. The van der Waals surface area contributed by atoms with Crippen molar-refractivity contribution in [2.24, 2.45) is 0 Å². The number of hydrogen-bond acceptors (Lipinski definition) is 1. The molecular weight excluding hydrogens is 243 g/mol. The van der Waals surface area contributed by atoms with Crippen molar-refractivity contribution in [1.82, 2.24) is 0 Å². The van der Waals surface area contributed by atoms with Gasteiger partial charge in [0, 0.05) is 0 Å². The molecule has 0 fully saturated rings. The van der Waals surface area contributed by atoms with Crippen LogP contribution in [0.15, 0.2) is 36.5 Å². The number of rotatable bonds is 1. The minimum atomic E-state index is 0. The van der Waals surface area contributed by atoms with E-state index in [-0.39, 0.29) is 21.7 Å². The molecule has 0 atom stereocenters. The van der Waals surface area contributed by atoms with Crippen molar-refractivity contribution in [3.8, 4) is 0 Å². The van der Waals surface area contributed by atoms with E-state index in [1.54, 1.807) is 0 Å². The fourth-order valence-electron chi connectivity index (χ4n) is 0.680. The molecule has 15 heavy (non-hydrogen) atoms. The second-order valence-electron chi connectivity index (χ2n) is 2.40. The largest absolute Gasteiger partial charge is 2.00 e. The van der Waals surface area contributed by atoms with Gasteiger partial charge in [-0.25, -0.2) is 24.3 Å². The Labute approximate surface area is 113 Å². The van der Waals surface area contributed by atoms with Gasteiger partial charge in [0.2, 0.25) is 0 Å². The van der Waals surface area contributed by atoms with Gasteiger partial charge in [0.15, 0.2) is 0 Å². The van der Waals surface area contributed by atoms with Crippen LogP contribution in [0.3, 0.4) is 0 Å². The Balaban J connectivity index is 0. The molecule has 80 valence electrons. The standard InChI is InChI=1S/2C5H5.C2H5ClO.Ti/c2*1-2-4-5-3-1;1-2-4-3;/h2*1-3H,4H2;2H2,1H3;/q2*-1;;+2. The van der Waals surface area contributed by atoms with Crippen molar-refractivity contribution < 1.29 is 26.0 Å². The summed E-state index contributed by atoms with van der Waals surface area (Å²) in [6.45, 7) is 2.41.